The molecule has 0 saturated carbocycles. The molecule has 0 aliphatic carbocycles. The number of sulfone groups is 1. The highest BCUT2D eigenvalue weighted by atomic mass is 32.2. The van der Waals surface area contributed by atoms with Gasteiger partial charge >= 0.3 is 0 Å². The number of nitrogens with one attached hydrogen (secondary N) is 1. The first-order chi connectivity index (χ1) is 10.6. The van der Waals surface area contributed by atoms with Gasteiger partial charge in [-0.3, -0.25) is 0 Å². The largest absolute Gasteiger partial charge is 0.354 e. The fourth-order valence-electron chi connectivity index (χ4n) is 2.98. The predicted octanol–water partition coefficient (Wildman–Crippen LogP) is 0.218. The number of likely N-dealkylation sites (N-methyl/N-ethyl adjacent to an activating group) is 1. The quantitative estimate of drug-likeness (QED) is 0.848. The van der Waals surface area contributed by atoms with Gasteiger partial charge in [0.05, 0.1) is 11.5 Å². The molecule has 0 bridgehead atoms. The van der Waals surface area contributed by atoms with Crippen LogP contribution in [-0.2, 0) is 9.84 Å². The van der Waals surface area contributed by atoms with E-state index in [1.807, 2.05) is 6.07 Å². The Balaban J connectivity index is 1.63. The van der Waals surface area contributed by atoms with Crippen molar-refractivity contribution in [2.24, 2.45) is 0 Å². The van der Waals surface area contributed by atoms with Gasteiger partial charge in [-0.25, -0.2) is 13.4 Å². The first kappa shape index (κ1) is 15.5. The highest BCUT2D eigenvalue weighted by Gasteiger charge is 2.28. The van der Waals surface area contributed by atoms with E-state index in [0.717, 1.165) is 38.5 Å². The summed E-state index contributed by atoms with van der Waals surface area (Å²) in [5.74, 6) is 1.87. The molecular formula is C14H23N5O2S. The third kappa shape index (κ3) is 3.67. The van der Waals surface area contributed by atoms with Crippen LogP contribution in [0.1, 0.15) is 13.3 Å². The van der Waals surface area contributed by atoms with Crippen molar-refractivity contribution < 1.29 is 8.42 Å². The van der Waals surface area contributed by atoms with Crippen LogP contribution in [0.3, 0.4) is 0 Å². The number of aromatic nitrogens is 2. The molecule has 2 saturated heterocycles. The smallest absolute Gasteiger partial charge is 0.224 e. The number of nitrogens with zero attached hydrogens (tertiary/aromatic N) is 4. The van der Waals surface area contributed by atoms with Crippen molar-refractivity contribution in [3.8, 4) is 0 Å². The summed E-state index contributed by atoms with van der Waals surface area (Å²) in [6.07, 6.45) is 2.37. The van der Waals surface area contributed by atoms with Gasteiger partial charge in [-0.05, 0) is 19.0 Å². The maximum Gasteiger partial charge on any atom is 0.224 e. The van der Waals surface area contributed by atoms with Gasteiger partial charge in [0.25, 0.3) is 0 Å². The second kappa shape index (κ2) is 6.37. The van der Waals surface area contributed by atoms with Gasteiger partial charge in [0.2, 0.25) is 5.95 Å². The summed E-state index contributed by atoms with van der Waals surface area (Å²) in [6.45, 7) is 7.27. The molecule has 0 amide bonds. The van der Waals surface area contributed by atoms with Crippen LogP contribution in [-0.4, -0.2) is 73.6 Å². The summed E-state index contributed by atoms with van der Waals surface area (Å²) >= 11 is 0. The second-order valence-electron chi connectivity index (χ2n) is 5.90. The molecule has 0 spiro atoms. The summed E-state index contributed by atoms with van der Waals surface area (Å²) in [7, 11) is -2.89. The lowest BCUT2D eigenvalue weighted by Crippen LogP contribution is -2.46. The molecule has 3 heterocycles. The lowest BCUT2D eigenvalue weighted by atomic mass is 10.3. The Hall–Kier alpha value is -1.41. The average molecular weight is 325 g/mol. The van der Waals surface area contributed by atoms with Crippen LogP contribution in [0.2, 0.25) is 0 Å². The molecule has 1 aromatic heterocycles. The van der Waals surface area contributed by atoms with Crippen LogP contribution in [0.5, 0.6) is 0 Å². The zero-order chi connectivity index (χ0) is 15.6. The van der Waals surface area contributed by atoms with Crippen molar-refractivity contribution >= 4 is 21.6 Å². The summed E-state index contributed by atoms with van der Waals surface area (Å²) in [5, 5.41) is 3.16. The summed E-state index contributed by atoms with van der Waals surface area (Å²) in [4.78, 5) is 13.4. The molecule has 1 unspecified atom stereocenters. The Kier molecular flexibility index (Phi) is 4.49. The van der Waals surface area contributed by atoms with E-state index >= 15 is 0 Å². The molecule has 3 rings (SSSR count). The first-order valence-corrected chi connectivity index (χ1v) is 9.65. The van der Waals surface area contributed by atoms with Crippen molar-refractivity contribution in [1.82, 2.24) is 14.9 Å². The van der Waals surface area contributed by atoms with Crippen molar-refractivity contribution in [2.45, 2.75) is 19.4 Å². The lowest BCUT2D eigenvalue weighted by Gasteiger charge is -2.34. The number of hydrogen-bond donors (Lipinski definition) is 1. The van der Waals surface area contributed by atoms with Crippen LogP contribution < -0.4 is 10.2 Å². The lowest BCUT2D eigenvalue weighted by molar-refractivity contribution is 0.270. The van der Waals surface area contributed by atoms with Crippen molar-refractivity contribution in [3.05, 3.63) is 12.3 Å². The van der Waals surface area contributed by atoms with Crippen LogP contribution >= 0.6 is 0 Å². The van der Waals surface area contributed by atoms with Gasteiger partial charge in [-0.1, -0.05) is 6.92 Å². The Labute approximate surface area is 131 Å². The third-order valence-electron chi connectivity index (χ3n) is 4.35. The normalized spacial score (nSPS) is 25.3. The zero-order valence-corrected chi connectivity index (χ0v) is 13.7. The predicted molar refractivity (Wildman–Crippen MR) is 87.0 cm³/mol. The summed E-state index contributed by atoms with van der Waals surface area (Å²) < 4.78 is 23.0. The van der Waals surface area contributed by atoms with E-state index < -0.39 is 9.84 Å². The van der Waals surface area contributed by atoms with Gasteiger partial charge in [-0.2, -0.15) is 4.98 Å². The molecule has 2 fully saturated rings. The number of rotatable bonds is 4. The number of hydrogen-bond acceptors (Lipinski definition) is 7. The van der Waals surface area contributed by atoms with E-state index in [1.165, 1.54) is 0 Å². The Morgan fingerprint density at radius 1 is 1.32 bits per heavy atom. The maximum atomic E-state index is 11.5. The Morgan fingerprint density at radius 2 is 2.09 bits per heavy atom. The monoisotopic (exact) mass is 325 g/mol. The molecule has 1 N–H and O–H groups in total. The highest BCUT2D eigenvalue weighted by Crippen LogP contribution is 2.18. The van der Waals surface area contributed by atoms with Crippen LogP contribution in [0, 0.1) is 0 Å². The summed E-state index contributed by atoms with van der Waals surface area (Å²) in [6, 6.07) is 1.84. The summed E-state index contributed by atoms with van der Waals surface area (Å²) in [5.41, 5.74) is 0. The fraction of sp³-hybridized carbons (Fsp3) is 0.714. The van der Waals surface area contributed by atoms with Crippen molar-refractivity contribution in [2.75, 3.05) is 54.4 Å². The second-order valence-corrected chi connectivity index (χ2v) is 8.13. The Bertz CT molecular complexity index is 613. The van der Waals surface area contributed by atoms with Crippen LogP contribution in [0.4, 0.5) is 11.8 Å². The molecule has 1 aromatic rings. The average Bonchev–Trinajstić information content (AvgIpc) is 2.86. The molecule has 1 atom stereocenters. The van der Waals surface area contributed by atoms with Crippen LogP contribution in [0.15, 0.2) is 12.3 Å². The van der Waals surface area contributed by atoms with Gasteiger partial charge in [0.15, 0.2) is 9.84 Å². The van der Waals surface area contributed by atoms with Crippen LogP contribution in [0.25, 0.3) is 0 Å². The maximum absolute atomic E-state index is 11.5. The minimum absolute atomic E-state index is 0.0720. The van der Waals surface area contributed by atoms with Gasteiger partial charge in [0.1, 0.15) is 5.82 Å². The van der Waals surface area contributed by atoms with Crippen molar-refractivity contribution in [1.29, 1.82) is 0 Å². The topological polar surface area (TPSA) is 78.4 Å². The van der Waals surface area contributed by atoms with Gasteiger partial charge in [-0.15, -0.1) is 0 Å². The molecule has 2 aliphatic heterocycles. The number of anilines is 2. The van der Waals surface area contributed by atoms with E-state index in [0.29, 0.717) is 12.4 Å². The van der Waals surface area contributed by atoms with Gasteiger partial charge < -0.3 is 15.1 Å². The number of piperazine rings is 1. The Morgan fingerprint density at radius 3 is 2.73 bits per heavy atom. The van der Waals surface area contributed by atoms with E-state index in [9.17, 15) is 8.42 Å². The standard InChI is InChI=1S/C14H23N5O2S/c1-2-18-6-8-19(9-7-18)13-3-5-15-14(17-13)16-12-4-10-22(20,21)11-12/h3,5,12H,2,4,6-11H2,1H3,(H,15,16,17). The molecule has 22 heavy (non-hydrogen) atoms. The minimum Gasteiger partial charge on any atom is -0.354 e. The van der Waals surface area contributed by atoms with E-state index in [-0.39, 0.29) is 17.5 Å². The van der Waals surface area contributed by atoms with E-state index in [2.05, 4.69) is 32.0 Å². The third-order valence-corrected chi connectivity index (χ3v) is 6.12. The molecule has 0 radical (unpaired) electrons. The molecule has 122 valence electrons. The SMILES string of the molecule is CCN1CCN(c2ccnc(NC3CCS(=O)(=O)C3)n2)CC1. The molecular weight excluding hydrogens is 302 g/mol. The fourth-order valence-corrected chi connectivity index (χ4v) is 4.65. The van der Waals surface area contributed by atoms with E-state index in [1.54, 1.807) is 6.20 Å². The molecule has 2 aliphatic rings. The van der Waals surface area contributed by atoms with E-state index in [4.69, 9.17) is 0 Å². The molecule has 7 nitrogen and oxygen atoms in total. The molecule has 8 heteroatoms. The minimum atomic E-state index is -2.89. The highest BCUT2D eigenvalue weighted by molar-refractivity contribution is 7.91. The van der Waals surface area contributed by atoms with Gasteiger partial charge in [0, 0.05) is 38.4 Å². The zero-order valence-electron chi connectivity index (χ0n) is 12.9. The molecule has 0 aromatic carbocycles. The first-order valence-electron chi connectivity index (χ1n) is 7.83. The van der Waals surface area contributed by atoms with Crippen molar-refractivity contribution in [3.63, 3.8) is 0 Å².